The van der Waals surface area contributed by atoms with Gasteiger partial charge in [-0.1, -0.05) is 27.7 Å². The van der Waals surface area contributed by atoms with Gasteiger partial charge in [0.2, 0.25) is 5.91 Å². The zero-order valence-electron chi connectivity index (χ0n) is 13.3. The van der Waals surface area contributed by atoms with Crippen molar-refractivity contribution in [3.05, 3.63) is 0 Å². The van der Waals surface area contributed by atoms with Crippen molar-refractivity contribution >= 4 is 18.3 Å². The van der Waals surface area contributed by atoms with Crippen LogP contribution in [0.25, 0.3) is 0 Å². The van der Waals surface area contributed by atoms with Crippen molar-refractivity contribution in [1.82, 2.24) is 5.32 Å². The Bertz CT molecular complexity index is 285. The van der Waals surface area contributed by atoms with Crippen molar-refractivity contribution in [2.75, 3.05) is 19.7 Å². The Balaban J connectivity index is 0.00000361. The lowest BCUT2D eigenvalue weighted by molar-refractivity contribution is -0.131. The summed E-state index contributed by atoms with van der Waals surface area (Å²) in [5.74, 6) is 1.04. The maximum atomic E-state index is 12.4. The molecule has 0 aromatic rings. The highest BCUT2D eigenvalue weighted by Gasteiger charge is 2.35. The van der Waals surface area contributed by atoms with Crippen LogP contribution in [-0.2, 0) is 9.53 Å². The standard InChI is InChI=1S/C15H30N2O2.ClH/c1-5-15(6-2,10-16)14(18)17-9-12-7-8-19-13(12)11(3)4;/h11-13H,5-10,16H2,1-4H3,(H,17,18);1H. The molecule has 0 spiro atoms. The number of hydrogen-bond acceptors (Lipinski definition) is 3. The van der Waals surface area contributed by atoms with E-state index in [4.69, 9.17) is 10.5 Å². The van der Waals surface area contributed by atoms with E-state index in [9.17, 15) is 4.79 Å². The molecule has 5 heteroatoms. The topological polar surface area (TPSA) is 64.4 Å². The summed E-state index contributed by atoms with van der Waals surface area (Å²) in [5, 5.41) is 3.10. The highest BCUT2D eigenvalue weighted by atomic mass is 35.5. The summed E-state index contributed by atoms with van der Waals surface area (Å²) in [6.45, 7) is 10.4. The maximum absolute atomic E-state index is 12.4. The summed E-state index contributed by atoms with van der Waals surface area (Å²) < 4.78 is 5.75. The van der Waals surface area contributed by atoms with Crippen LogP contribution in [0, 0.1) is 17.3 Å². The predicted molar refractivity (Wildman–Crippen MR) is 85.0 cm³/mol. The van der Waals surface area contributed by atoms with Gasteiger partial charge in [0, 0.05) is 25.6 Å². The Morgan fingerprint density at radius 1 is 1.40 bits per heavy atom. The fourth-order valence-corrected chi connectivity index (χ4v) is 2.97. The molecule has 0 saturated carbocycles. The molecule has 1 aliphatic rings. The van der Waals surface area contributed by atoms with E-state index in [1.54, 1.807) is 0 Å². The van der Waals surface area contributed by atoms with E-state index < -0.39 is 5.41 Å². The molecule has 1 amide bonds. The molecule has 2 unspecified atom stereocenters. The number of hydrogen-bond donors (Lipinski definition) is 2. The van der Waals surface area contributed by atoms with Gasteiger partial charge >= 0.3 is 0 Å². The zero-order chi connectivity index (χ0) is 14.5. The quantitative estimate of drug-likeness (QED) is 0.759. The van der Waals surface area contributed by atoms with Gasteiger partial charge in [-0.15, -0.1) is 12.4 Å². The predicted octanol–water partition coefficient (Wildman–Crippen LogP) is 2.35. The van der Waals surface area contributed by atoms with Crippen LogP contribution in [0.1, 0.15) is 47.0 Å². The third-order valence-corrected chi connectivity index (χ3v) is 4.67. The van der Waals surface area contributed by atoms with E-state index in [0.717, 1.165) is 25.9 Å². The summed E-state index contributed by atoms with van der Waals surface area (Å²) in [4.78, 5) is 12.4. The van der Waals surface area contributed by atoms with Crippen LogP contribution < -0.4 is 11.1 Å². The lowest BCUT2D eigenvalue weighted by Gasteiger charge is -2.30. The van der Waals surface area contributed by atoms with Gasteiger partial charge in [0.1, 0.15) is 0 Å². The molecule has 0 radical (unpaired) electrons. The molecule has 3 N–H and O–H groups in total. The molecule has 2 atom stereocenters. The third kappa shape index (κ3) is 4.34. The summed E-state index contributed by atoms with van der Waals surface area (Å²) in [7, 11) is 0. The Hall–Kier alpha value is -0.320. The van der Waals surface area contributed by atoms with Crippen molar-refractivity contribution in [1.29, 1.82) is 0 Å². The van der Waals surface area contributed by atoms with Crippen LogP contribution in [-0.4, -0.2) is 31.7 Å². The fourth-order valence-electron chi connectivity index (χ4n) is 2.97. The summed E-state index contributed by atoms with van der Waals surface area (Å²) in [5.41, 5.74) is 5.41. The van der Waals surface area contributed by atoms with Crippen LogP contribution in [0.4, 0.5) is 0 Å². The Labute approximate surface area is 129 Å². The number of nitrogens with one attached hydrogen (secondary N) is 1. The number of amides is 1. The van der Waals surface area contributed by atoms with Crippen LogP contribution in [0.5, 0.6) is 0 Å². The molecule has 0 aromatic carbocycles. The summed E-state index contributed by atoms with van der Waals surface area (Å²) in [6, 6.07) is 0. The van der Waals surface area contributed by atoms with Crippen molar-refractivity contribution in [2.45, 2.75) is 53.1 Å². The van der Waals surface area contributed by atoms with E-state index in [0.29, 0.717) is 24.9 Å². The number of carbonyl (C=O) groups is 1. The molecule has 1 aliphatic heterocycles. The van der Waals surface area contributed by atoms with Crippen molar-refractivity contribution < 1.29 is 9.53 Å². The van der Waals surface area contributed by atoms with E-state index in [2.05, 4.69) is 19.2 Å². The summed E-state index contributed by atoms with van der Waals surface area (Å²) >= 11 is 0. The highest BCUT2D eigenvalue weighted by molar-refractivity contribution is 5.85. The van der Waals surface area contributed by atoms with E-state index in [-0.39, 0.29) is 24.4 Å². The molecule has 1 fully saturated rings. The molecule has 4 nitrogen and oxygen atoms in total. The molecule has 120 valence electrons. The summed E-state index contributed by atoms with van der Waals surface area (Å²) in [6.07, 6.45) is 2.90. The van der Waals surface area contributed by atoms with Crippen LogP contribution in [0.15, 0.2) is 0 Å². The SMILES string of the molecule is CCC(CC)(CN)C(=O)NCC1CCOC1C(C)C.Cl. The maximum Gasteiger partial charge on any atom is 0.227 e. The molecule has 0 aromatic heterocycles. The van der Waals surface area contributed by atoms with E-state index in [1.807, 2.05) is 13.8 Å². The molecule has 0 bridgehead atoms. The second-order valence-corrected chi connectivity index (χ2v) is 6.03. The van der Waals surface area contributed by atoms with Crippen molar-refractivity contribution in [3.8, 4) is 0 Å². The largest absolute Gasteiger partial charge is 0.378 e. The van der Waals surface area contributed by atoms with Crippen molar-refractivity contribution in [3.63, 3.8) is 0 Å². The minimum Gasteiger partial charge on any atom is -0.378 e. The fraction of sp³-hybridized carbons (Fsp3) is 0.933. The van der Waals surface area contributed by atoms with Gasteiger partial charge < -0.3 is 15.8 Å². The average Bonchev–Trinajstić information content (AvgIpc) is 2.87. The van der Waals surface area contributed by atoms with E-state index in [1.165, 1.54) is 0 Å². The average molecular weight is 307 g/mol. The molecule has 0 aliphatic carbocycles. The lowest BCUT2D eigenvalue weighted by atomic mass is 9.81. The van der Waals surface area contributed by atoms with Crippen LogP contribution in [0.2, 0.25) is 0 Å². The minimum atomic E-state index is -0.396. The van der Waals surface area contributed by atoms with Gasteiger partial charge in [0.05, 0.1) is 11.5 Å². The minimum absolute atomic E-state index is 0. The van der Waals surface area contributed by atoms with Crippen LogP contribution >= 0.6 is 12.4 Å². The van der Waals surface area contributed by atoms with E-state index >= 15 is 0 Å². The number of nitrogens with two attached hydrogens (primary N) is 1. The normalized spacial score (nSPS) is 22.7. The molecule has 1 rings (SSSR count). The Morgan fingerprint density at radius 3 is 2.45 bits per heavy atom. The van der Waals surface area contributed by atoms with Gasteiger partial charge in [0.25, 0.3) is 0 Å². The lowest BCUT2D eigenvalue weighted by Crippen LogP contribution is -2.47. The molecule has 20 heavy (non-hydrogen) atoms. The first kappa shape index (κ1) is 19.7. The number of carbonyl (C=O) groups excluding carboxylic acids is 1. The van der Waals surface area contributed by atoms with Gasteiger partial charge in [-0.3, -0.25) is 4.79 Å². The molecule has 1 saturated heterocycles. The zero-order valence-corrected chi connectivity index (χ0v) is 14.1. The third-order valence-electron chi connectivity index (χ3n) is 4.67. The second-order valence-electron chi connectivity index (χ2n) is 6.03. The first-order valence-corrected chi connectivity index (χ1v) is 7.60. The number of halogens is 1. The first-order chi connectivity index (χ1) is 9.00. The monoisotopic (exact) mass is 306 g/mol. The van der Waals surface area contributed by atoms with Gasteiger partial charge in [0.15, 0.2) is 0 Å². The molecular formula is C15H31ClN2O2. The van der Waals surface area contributed by atoms with Gasteiger partial charge in [-0.05, 0) is 25.2 Å². The van der Waals surface area contributed by atoms with Gasteiger partial charge in [-0.2, -0.15) is 0 Å². The first-order valence-electron chi connectivity index (χ1n) is 7.60. The second kappa shape index (κ2) is 8.85. The number of rotatable bonds is 7. The smallest absolute Gasteiger partial charge is 0.227 e. The van der Waals surface area contributed by atoms with Crippen LogP contribution in [0.3, 0.4) is 0 Å². The van der Waals surface area contributed by atoms with Crippen molar-refractivity contribution in [2.24, 2.45) is 23.0 Å². The Morgan fingerprint density at radius 2 is 2.00 bits per heavy atom. The molecular weight excluding hydrogens is 276 g/mol. The Kier molecular flexibility index (Phi) is 8.71. The highest BCUT2D eigenvalue weighted by Crippen LogP contribution is 2.28. The number of ether oxygens (including phenoxy) is 1. The van der Waals surface area contributed by atoms with Gasteiger partial charge in [-0.25, -0.2) is 0 Å². The molecule has 1 heterocycles.